The van der Waals surface area contributed by atoms with Gasteiger partial charge in [-0.2, -0.15) is 0 Å². The zero-order valence-corrected chi connectivity index (χ0v) is 10.1. The molecule has 1 fully saturated rings. The molecule has 0 radical (unpaired) electrons. The second-order valence-electron chi connectivity index (χ2n) is 4.82. The van der Waals surface area contributed by atoms with Gasteiger partial charge in [0.1, 0.15) is 0 Å². The quantitative estimate of drug-likeness (QED) is 0.708. The molecule has 1 aliphatic carbocycles. The molecule has 0 heterocycles. The van der Waals surface area contributed by atoms with E-state index in [2.05, 4.69) is 12.2 Å². The molecule has 0 saturated heterocycles. The van der Waals surface area contributed by atoms with Gasteiger partial charge in [-0.15, -0.1) is 0 Å². The van der Waals surface area contributed by atoms with E-state index >= 15 is 0 Å². The minimum atomic E-state index is -0.372. The smallest absolute Gasteiger partial charge is 0.0897 e. The Bertz CT molecular complexity index is 167. The van der Waals surface area contributed by atoms with E-state index in [1.807, 2.05) is 6.92 Å². The molecule has 1 atom stereocenters. The lowest BCUT2D eigenvalue weighted by molar-refractivity contribution is 0.0368. The second-order valence-corrected chi connectivity index (χ2v) is 4.82. The highest BCUT2D eigenvalue weighted by molar-refractivity contribution is 4.86. The monoisotopic (exact) mass is 215 g/mol. The fourth-order valence-corrected chi connectivity index (χ4v) is 2.19. The summed E-state index contributed by atoms with van der Waals surface area (Å²) >= 11 is 0. The highest BCUT2D eigenvalue weighted by atomic mass is 16.5. The van der Waals surface area contributed by atoms with Gasteiger partial charge in [0.05, 0.1) is 12.7 Å². The van der Waals surface area contributed by atoms with E-state index in [-0.39, 0.29) is 11.6 Å². The first-order valence-corrected chi connectivity index (χ1v) is 6.17. The van der Waals surface area contributed by atoms with Crippen molar-refractivity contribution in [1.29, 1.82) is 0 Å². The zero-order chi connectivity index (χ0) is 11.1. The summed E-state index contributed by atoms with van der Waals surface area (Å²) in [5.74, 6) is 0. The van der Waals surface area contributed by atoms with Crippen molar-refractivity contribution in [3.8, 4) is 0 Å². The summed E-state index contributed by atoms with van der Waals surface area (Å²) in [6.07, 6.45) is 6.07. The molecule has 1 aliphatic rings. The van der Waals surface area contributed by atoms with Crippen LogP contribution in [0.5, 0.6) is 0 Å². The standard InChI is InChI=1S/C12H25NO2/c1-3-15-10-11(14)9-13-12(2)7-5-4-6-8-12/h11,13-14H,3-10H2,1-2H3. The molecular weight excluding hydrogens is 190 g/mol. The highest BCUT2D eigenvalue weighted by Gasteiger charge is 2.26. The number of ether oxygens (including phenoxy) is 1. The Morgan fingerprint density at radius 2 is 2.00 bits per heavy atom. The molecule has 90 valence electrons. The van der Waals surface area contributed by atoms with E-state index < -0.39 is 0 Å². The van der Waals surface area contributed by atoms with Crippen LogP contribution in [0.25, 0.3) is 0 Å². The topological polar surface area (TPSA) is 41.5 Å². The van der Waals surface area contributed by atoms with Gasteiger partial charge in [0.15, 0.2) is 0 Å². The minimum absolute atomic E-state index is 0.242. The van der Waals surface area contributed by atoms with Gasteiger partial charge in [0.25, 0.3) is 0 Å². The fourth-order valence-electron chi connectivity index (χ4n) is 2.19. The predicted octanol–water partition coefficient (Wildman–Crippen LogP) is 1.70. The summed E-state index contributed by atoms with van der Waals surface area (Å²) in [5, 5.41) is 13.1. The normalized spacial score (nSPS) is 22.6. The van der Waals surface area contributed by atoms with Crippen molar-refractivity contribution < 1.29 is 9.84 Å². The zero-order valence-electron chi connectivity index (χ0n) is 10.1. The van der Waals surface area contributed by atoms with E-state index in [0.717, 1.165) is 0 Å². The summed E-state index contributed by atoms with van der Waals surface area (Å²) in [5.41, 5.74) is 0.242. The van der Waals surface area contributed by atoms with Crippen molar-refractivity contribution in [1.82, 2.24) is 5.32 Å². The van der Waals surface area contributed by atoms with E-state index in [4.69, 9.17) is 4.74 Å². The molecule has 1 saturated carbocycles. The third-order valence-corrected chi connectivity index (χ3v) is 3.24. The average Bonchev–Trinajstić information content (AvgIpc) is 2.25. The van der Waals surface area contributed by atoms with Gasteiger partial charge in [0.2, 0.25) is 0 Å². The minimum Gasteiger partial charge on any atom is -0.389 e. The molecule has 1 unspecified atom stereocenters. The number of aliphatic hydroxyl groups excluding tert-OH is 1. The van der Waals surface area contributed by atoms with Crippen LogP contribution >= 0.6 is 0 Å². The lowest BCUT2D eigenvalue weighted by Crippen LogP contribution is -2.47. The summed E-state index contributed by atoms with van der Waals surface area (Å²) < 4.78 is 5.18. The lowest BCUT2D eigenvalue weighted by atomic mass is 9.83. The van der Waals surface area contributed by atoms with Gasteiger partial charge >= 0.3 is 0 Å². The molecule has 3 nitrogen and oxygen atoms in total. The van der Waals surface area contributed by atoms with E-state index in [1.165, 1.54) is 32.1 Å². The number of nitrogens with one attached hydrogen (secondary N) is 1. The van der Waals surface area contributed by atoms with Gasteiger partial charge in [0, 0.05) is 18.7 Å². The van der Waals surface area contributed by atoms with Crippen LogP contribution in [0.1, 0.15) is 46.0 Å². The molecule has 1 rings (SSSR count). The molecule has 0 spiro atoms. The highest BCUT2D eigenvalue weighted by Crippen LogP contribution is 2.27. The van der Waals surface area contributed by atoms with Crippen LogP contribution < -0.4 is 5.32 Å². The van der Waals surface area contributed by atoms with Gasteiger partial charge in [-0.3, -0.25) is 0 Å². The molecular formula is C12H25NO2. The van der Waals surface area contributed by atoms with E-state index in [1.54, 1.807) is 0 Å². The van der Waals surface area contributed by atoms with Crippen LogP contribution in [0.3, 0.4) is 0 Å². The Hall–Kier alpha value is -0.120. The Morgan fingerprint density at radius 3 is 2.60 bits per heavy atom. The van der Waals surface area contributed by atoms with Crippen LogP contribution in [0.2, 0.25) is 0 Å². The second kappa shape index (κ2) is 6.46. The summed E-state index contributed by atoms with van der Waals surface area (Å²) in [4.78, 5) is 0. The Morgan fingerprint density at radius 1 is 1.33 bits per heavy atom. The van der Waals surface area contributed by atoms with Crippen LogP contribution in [0.15, 0.2) is 0 Å². The maximum atomic E-state index is 9.64. The summed E-state index contributed by atoms with van der Waals surface area (Å²) in [6, 6.07) is 0. The molecule has 0 amide bonds. The van der Waals surface area contributed by atoms with Gasteiger partial charge < -0.3 is 15.2 Å². The predicted molar refractivity (Wildman–Crippen MR) is 62.0 cm³/mol. The molecule has 0 aromatic carbocycles. The first-order chi connectivity index (χ1) is 7.16. The first-order valence-electron chi connectivity index (χ1n) is 6.17. The van der Waals surface area contributed by atoms with Gasteiger partial charge in [-0.25, -0.2) is 0 Å². The van der Waals surface area contributed by atoms with Crippen molar-refractivity contribution in [2.75, 3.05) is 19.8 Å². The largest absolute Gasteiger partial charge is 0.389 e. The van der Waals surface area contributed by atoms with Crippen LogP contribution in [-0.4, -0.2) is 36.5 Å². The number of β-amino-alcohol motifs (C(OH)–C–C–N with tert-alkyl or cyclic N) is 1. The fraction of sp³-hybridized carbons (Fsp3) is 1.00. The average molecular weight is 215 g/mol. The van der Waals surface area contributed by atoms with Crippen molar-refractivity contribution in [2.45, 2.75) is 57.6 Å². The van der Waals surface area contributed by atoms with Crippen LogP contribution in [0, 0.1) is 0 Å². The SMILES string of the molecule is CCOCC(O)CNC1(C)CCCCC1. The van der Waals surface area contributed by atoms with Crippen molar-refractivity contribution in [3.05, 3.63) is 0 Å². The molecule has 15 heavy (non-hydrogen) atoms. The lowest BCUT2D eigenvalue weighted by Gasteiger charge is -2.35. The number of hydrogen-bond donors (Lipinski definition) is 2. The van der Waals surface area contributed by atoms with Gasteiger partial charge in [-0.1, -0.05) is 19.3 Å². The van der Waals surface area contributed by atoms with Crippen LogP contribution in [-0.2, 0) is 4.74 Å². The molecule has 0 bridgehead atoms. The number of aliphatic hydroxyl groups is 1. The molecule has 0 aromatic heterocycles. The van der Waals surface area contributed by atoms with Crippen molar-refractivity contribution in [3.63, 3.8) is 0 Å². The number of hydrogen-bond acceptors (Lipinski definition) is 3. The first kappa shape index (κ1) is 12.9. The van der Waals surface area contributed by atoms with Crippen molar-refractivity contribution in [2.24, 2.45) is 0 Å². The Kier molecular flexibility index (Phi) is 5.58. The van der Waals surface area contributed by atoms with Crippen LogP contribution in [0.4, 0.5) is 0 Å². The Balaban J connectivity index is 2.16. The third kappa shape index (κ3) is 4.96. The van der Waals surface area contributed by atoms with Gasteiger partial charge in [-0.05, 0) is 26.7 Å². The molecule has 0 aliphatic heterocycles. The molecule has 3 heteroatoms. The molecule has 2 N–H and O–H groups in total. The number of rotatable bonds is 6. The summed E-state index contributed by atoms with van der Waals surface area (Å²) in [6.45, 7) is 5.98. The Labute approximate surface area is 93.2 Å². The third-order valence-electron chi connectivity index (χ3n) is 3.24. The molecule has 0 aromatic rings. The maximum absolute atomic E-state index is 9.64. The summed E-state index contributed by atoms with van der Waals surface area (Å²) in [7, 11) is 0. The van der Waals surface area contributed by atoms with Crippen molar-refractivity contribution >= 4 is 0 Å². The maximum Gasteiger partial charge on any atom is 0.0897 e. The van der Waals surface area contributed by atoms with E-state index in [0.29, 0.717) is 19.8 Å². The van der Waals surface area contributed by atoms with E-state index in [9.17, 15) is 5.11 Å².